The highest BCUT2D eigenvalue weighted by Gasteiger charge is 2.34. The van der Waals surface area contributed by atoms with Crippen LogP contribution in [0.5, 0.6) is 0 Å². The van der Waals surface area contributed by atoms with Gasteiger partial charge in [-0.2, -0.15) is 0 Å². The topological polar surface area (TPSA) is 54.5 Å². The Bertz CT molecular complexity index is 660. The molecular weight excluding hydrogens is 333 g/mol. The van der Waals surface area contributed by atoms with Crippen LogP contribution in [0.3, 0.4) is 0 Å². The van der Waals surface area contributed by atoms with E-state index in [0.29, 0.717) is 5.56 Å². The van der Waals surface area contributed by atoms with E-state index in [1.807, 2.05) is 18.7 Å². The number of amides is 1. The molecule has 1 aromatic carbocycles. The molecule has 21 heavy (non-hydrogen) atoms. The third-order valence-electron chi connectivity index (χ3n) is 3.93. The molecule has 1 saturated heterocycles. The lowest BCUT2D eigenvalue weighted by Crippen LogP contribution is -2.39. The Hall–Kier alpha value is -0.780. The van der Waals surface area contributed by atoms with E-state index in [-0.39, 0.29) is 27.9 Å². The van der Waals surface area contributed by atoms with Crippen molar-refractivity contribution in [3.8, 4) is 0 Å². The van der Waals surface area contributed by atoms with E-state index in [1.54, 1.807) is 0 Å². The normalized spacial score (nSPS) is 22.6. The number of halogens is 2. The summed E-state index contributed by atoms with van der Waals surface area (Å²) in [5, 5.41) is 0.0167. The summed E-state index contributed by atoms with van der Waals surface area (Å²) in [4.78, 5) is 14.3. The fourth-order valence-electron chi connectivity index (χ4n) is 2.81. The molecule has 4 nitrogen and oxygen atoms in total. The first-order chi connectivity index (χ1) is 9.75. The Kier molecular flexibility index (Phi) is 4.85. The first kappa shape index (κ1) is 16.6. The summed E-state index contributed by atoms with van der Waals surface area (Å²) in [5.41, 5.74) is 0.297. The van der Waals surface area contributed by atoms with Gasteiger partial charge in [-0.25, -0.2) is 8.42 Å². The first-order valence-corrected chi connectivity index (χ1v) is 9.51. The van der Waals surface area contributed by atoms with Crippen molar-refractivity contribution in [1.29, 1.82) is 0 Å². The Balaban J connectivity index is 2.40. The van der Waals surface area contributed by atoms with E-state index in [4.69, 9.17) is 22.3 Å². The molecule has 0 radical (unpaired) electrons. The molecule has 0 N–H and O–H groups in total. The molecule has 7 heteroatoms. The van der Waals surface area contributed by atoms with Crippen molar-refractivity contribution in [3.05, 3.63) is 28.8 Å². The second-order valence-electron chi connectivity index (χ2n) is 5.28. The van der Waals surface area contributed by atoms with Gasteiger partial charge in [0.25, 0.3) is 15.0 Å². The van der Waals surface area contributed by atoms with Crippen molar-refractivity contribution < 1.29 is 13.2 Å². The largest absolute Gasteiger partial charge is 0.333 e. The predicted molar refractivity (Wildman–Crippen MR) is 83.4 cm³/mol. The summed E-state index contributed by atoms with van der Waals surface area (Å²) in [6.07, 6.45) is 2.81. The molecule has 2 unspecified atom stereocenters. The number of benzene rings is 1. The summed E-state index contributed by atoms with van der Waals surface area (Å²) in [7, 11) is 1.37. The average molecular weight is 350 g/mol. The highest BCUT2D eigenvalue weighted by molar-refractivity contribution is 8.13. The number of hydrogen-bond acceptors (Lipinski definition) is 3. The van der Waals surface area contributed by atoms with Crippen LogP contribution in [0.2, 0.25) is 5.02 Å². The summed E-state index contributed by atoms with van der Waals surface area (Å²) in [6, 6.07) is 4.53. The van der Waals surface area contributed by atoms with E-state index >= 15 is 0 Å². The summed E-state index contributed by atoms with van der Waals surface area (Å²) in [5.74, 6) is -0.176. The average Bonchev–Trinajstić information content (AvgIpc) is 2.78. The molecule has 2 atom stereocenters. The molecule has 1 aliphatic rings. The summed E-state index contributed by atoms with van der Waals surface area (Å²) in [6.45, 7) is 4.04. The lowest BCUT2D eigenvalue weighted by molar-refractivity contribution is 0.0676. The standard InChI is InChI=1S/C14H17Cl2NO3S/c1-3-11-6-4-9(2)17(11)14(18)10-5-7-12(15)13(8-10)21(16,19)20/h5,7-9,11H,3-4,6H2,1-2H3. The smallest absolute Gasteiger partial charge is 0.262 e. The van der Waals surface area contributed by atoms with Gasteiger partial charge in [-0.1, -0.05) is 18.5 Å². The fraction of sp³-hybridized carbons (Fsp3) is 0.500. The van der Waals surface area contributed by atoms with Gasteiger partial charge in [0.1, 0.15) is 4.90 Å². The van der Waals surface area contributed by atoms with E-state index < -0.39 is 9.05 Å². The van der Waals surface area contributed by atoms with Crippen molar-refractivity contribution in [3.63, 3.8) is 0 Å². The number of carbonyl (C=O) groups is 1. The van der Waals surface area contributed by atoms with Gasteiger partial charge in [0.2, 0.25) is 0 Å². The third kappa shape index (κ3) is 3.35. The molecule has 1 amide bonds. The van der Waals surface area contributed by atoms with Gasteiger partial charge in [-0.3, -0.25) is 4.79 Å². The lowest BCUT2D eigenvalue weighted by atomic mass is 10.1. The van der Waals surface area contributed by atoms with E-state index in [1.165, 1.54) is 18.2 Å². The Morgan fingerprint density at radius 2 is 2.05 bits per heavy atom. The molecular formula is C14H17Cl2NO3S. The van der Waals surface area contributed by atoms with Crippen molar-refractivity contribution in [2.75, 3.05) is 0 Å². The van der Waals surface area contributed by atoms with Crippen LogP contribution in [0.1, 0.15) is 43.5 Å². The number of carbonyl (C=O) groups excluding carboxylic acids is 1. The number of likely N-dealkylation sites (tertiary alicyclic amines) is 1. The zero-order valence-electron chi connectivity index (χ0n) is 11.8. The molecule has 1 aliphatic heterocycles. The van der Waals surface area contributed by atoms with Gasteiger partial charge in [-0.05, 0) is 44.4 Å². The lowest BCUT2D eigenvalue weighted by Gasteiger charge is -2.28. The van der Waals surface area contributed by atoms with Crippen LogP contribution < -0.4 is 0 Å². The minimum absolute atomic E-state index is 0.0167. The maximum Gasteiger partial charge on any atom is 0.262 e. The predicted octanol–water partition coefficient (Wildman–Crippen LogP) is 3.67. The molecule has 1 fully saturated rings. The first-order valence-electron chi connectivity index (χ1n) is 6.82. The van der Waals surface area contributed by atoms with Crippen LogP contribution in [0.4, 0.5) is 0 Å². The molecule has 0 aromatic heterocycles. The molecule has 2 rings (SSSR count). The zero-order chi connectivity index (χ0) is 15.8. The van der Waals surface area contributed by atoms with Crippen LogP contribution in [-0.4, -0.2) is 31.3 Å². The van der Waals surface area contributed by atoms with Gasteiger partial charge in [0.05, 0.1) is 5.02 Å². The molecule has 1 aromatic rings. The van der Waals surface area contributed by atoms with Crippen molar-refractivity contribution in [1.82, 2.24) is 4.90 Å². The molecule has 0 spiro atoms. The summed E-state index contributed by atoms with van der Waals surface area (Å²) < 4.78 is 23.0. The van der Waals surface area contributed by atoms with Gasteiger partial charge < -0.3 is 4.90 Å². The quantitative estimate of drug-likeness (QED) is 0.782. The Morgan fingerprint density at radius 1 is 1.38 bits per heavy atom. The highest BCUT2D eigenvalue weighted by Crippen LogP contribution is 2.30. The van der Waals surface area contributed by atoms with Crippen LogP contribution >= 0.6 is 22.3 Å². The molecule has 0 bridgehead atoms. The van der Waals surface area contributed by atoms with Crippen LogP contribution in [-0.2, 0) is 9.05 Å². The Morgan fingerprint density at radius 3 is 2.62 bits per heavy atom. The Labute approximate surface area is 134 Å². The highest BCUT2D eigenvalue weighted by atomic mass is 35.7. The molecule has 116 valence electrons. The third-order valence-corrected chi connectivity index (χ3v) is 5.74. The number of hydrogen-bond donors (Lipinski definition) is 0. The zero-order valence-corrected chi connectivity index (χ0v) is 14.2. The maximum atomic E-state index is 12.7. The summed E-state index contributed by atoms with van der Waals surface area (Å²) >= 11 is 5.84. The van der Waals surface area contributed by atoms with Crippen LogP contribution in [0.25, 0.3) is 0 Å². The van der Waals surface area contributed by atoms with Crippen molar-refractivity contribution in [2.24, 2.45) is 0 Å². The second-order valence-corrected chi connectivity index (χ2v) is 8.23. The van der Waals surface area contributed by atoms with Gasteiger partial charge in [0.15, 0.2) is 0 Å². The monoisotopic (exact) mass is 349 g/mol. The van der Waals surface area contributed by atoms with E-state index in [9.17, 15) is 13.2 Å². The van der Waals surface area contributed by atoms with Gasteiger partial charge in [-0.15, -0.1) is 0 Å². The second kappa shape index (κ2) is 6.15. The number of nitrogens with zero attached hydrogens (tertiary/aromatic N) is 1. The SMILES string of the molecule is CCC1CCC(C)N1C(=O)c1ccc(Cl)c(S(=O)(=O)Cl)c1. The molecule has 1 heterocycles. The van der Waals surface area contributed by atoms with Crippen LogP contribution in [0, 0.1) is 0 Å². The minimum atomic E-state index is -3.98. The minimum Gasteiger partial charge on any atom is -0.333 e. The number of rotatable bonds is 3. The van der Waals surface area contributed by atoms with E-state index in [0.717, 1.165) is 19.3 Å². The van der Waals surface area contributed by atoms with Crippen LogP contribution in [0.15, 0.2) is 23.1 Å². The fourth-order valence-corrected chi connectivity index (χ4v) is 4.30. The molecule has 0 saturated carbocycles. The van der Waals surface area contributed by atoms with Gasteiger partial charge >= 0.3 is 0 Å². The van der Waals surface area contributed by atoms with E-state index in [2.05, 4.69) is 0 Å². The van der Waals surface area contributed by atoms with Crippen molar-refractivity contribution in [2.45, 2.75) is 50.1 Å². The van der Waals surface area contributed by atoms with Gasteiger partial charge in [0, 0.05) is 28.3 Å². The van der Waals surface area contributed by atoms with Crippen molar-refractivity contribution >= 4 is 37.2 Å². The maximum absolute atomic E-state index is 12.7. The molecule has 0 aliphatic carbocycles.